The van der Waals surface area contributed by atoms with Gasteiger partial charge in [-0.1, -0.05) is 18.2 Å². The molecule has 1 unspecified atom stereocenters. The van der Waals surface area contributed by atoms with E-state index in [0.717, 1.165) is 24.5 Å². The predicted molar refractivity (Wildman–Crippen MR) is 133 cm³/mol. The second kappa shape index (κ2) is 10.1. The van der Waals surface area contributed by atoms with Crippen LogP contribution >= 0.6 is 0 Å². The lowest BCUT2D eigenvalue weighted by Crippen LogP contribution is -2.26. The van der Waals surface area contributed by atoms with Crippen LogP contribution in [0.25, 0.3) is 16.9 Å². The second-order valence-corrected chi connectivity index (χ2v) is 9.39. The standard InChI is InChI=1S/C27H25F4N5O2/c1-15-11-16(5-8-20(15)26(38)34-19-6-7-19)23-14-33-25-22(32-10-9-27(29,30)31)13-21(35-36(23)25)24(37)17-3-2-4-18(28)12-17/h2-5,8,11-14,19,24,32,37H,6-7,9-10H2,1H3,(H,34,38). The molecule has 1 aliphatic carbocycles. The van der Waals surface area contributed by atoms with Crippen LogP contribution in [0.5, 0.6) is 0 Å². The fourth-order valence-corrected chi connectivity index (χ4v) is 4.20. The Morgan fingerprint density at radius 1 is 1.18 bits per heavy atom. The third-order valence-corrected chi connectivity index (χ3v) is 6.33. The highest BCUT2D eigenvalue weighted by Gasteiger charge is 2.27. The van der Waals surface area contributed by atoms with Gasteiger partial charge in [-0.2, -0.15) is 18.3 Å². The van der Waals surface area contributed by atoms with Crippen molar-refractivity contribution in [1.82, 2.24) is 19.9 Å². The van der Waals surface area contributed by atoms with Crippen LogP contribution in [0.1, 0.15) is 52.5 Å². The lowest BCUT2D eigenvalue weighted by Gasteiger charge is -2.16. The minimum absolute atomic E-state index is 0.0917. The number of rotatable bonds is 8. The smallest absolute Gasteiger partial charge is 0.382 e. The lowest BCUT2D eigenvalue weighted by atomic mass is 10.0. The van der Waals surface area contributed by atoms with E-state index in [1.54, 1.807) is 18.2 Å². The van der Waals surface area contributed by atoms with Crippen molar-refractivity contribution in [3.63, 3.8) is 0 Å². The summed E-state index contributed by atoms with van der Waals surface area (Å²) in [7, 11) is 0. The molecule has 1 saturated carbocycles. The van der Waals surface area contributed by atoms with Crippen LogP contribution in [0, 0.1) is 12.7 Å². The number of aryl methyl sites for hydroxylation is 1. The molecule has 38 heavy (non-hydrogen) atoms. The number of benzene rings is 2. The first-order valence-electron chi connectivity index (χ1n) is 12.1. The molecule has 0 radical (unpaired) electrons. The molecule has 1 amide bonds. The van der Waals surface area contributed by atoms with Crippen molar-refractivity contribution in [3.05, 3.63) is 82.9 Å². The maximum atomic E-state index is 13.8. The molecule has 0 aliphatic heterocycles. The molecule has 2 heterocycles. The Morgan fingerprint density at radius 2 is 1.97 bits per heavy atom. The number of halogens is 4. The van der Waals surface area contributed by atoms with Gasteiger partial charge in [0, 0.05) is 23.7 Å². The minimum atomic E-state index is -4.36. The zero-order chi connectivity index (χ0) is 27.0. The lowest BCUT2D eigenvalue weighted by molar-refractivity contribution is -0.131. The average molecular weight is 528 g/mol. The highest BCUT2D eigenvalue weighted by Crippen LogP contribution is 2.30. The van der Waals surface area contributed by atoms with Crippen LogP contribution in [-0.2, 0) is 0 Å². The number of nitrogens with one attached hydrogen (secondary N) is 2. The normalized spacial score (nSPS) is 14.5. The Bertz CT molecular complexity index is 1500. The highest BCUT2D eigenvalue weighted by atomic mass is 19.4. The summed E-state index contributed by atoms with van der Waals surface area (Å²) in [6.07, 6.45) is -3.30. The zero-order valence-electron chi connectivity index (χ0n) is 20.4. The summed E-state index contributed by atoms with van der Waals surface area (Å²) in [5.41, 5.74) is 3.27. The summed E-state index contributed by atoms with van der Waals surface area (Å²) < 4.78 is 53.6. The van der Waals surface area contributed by atoms with E-state index in [9.17, 15) is 27.5 Å². The SMILES string of the molecule is Cc1cc(-c2cnc3c(NCCC(F)(F)F)cc(C(O)c4cccc(F)c4)nn23)ccc1C(=O)NC1CC1. The van der Waals surface area contributed by atoms with Crippen molar-refractivity contribution < 1.29 is 27.5 Å². The van der Waals surface area contributed by atoms with Gasteiger partial charge in [0.05, 0.1) is 29.7 Å². The van der Waals surface area contributed by atoms with Crippen molar-refractivity contribution in [2.24, 2.45) is 0 Å². The third-order valence-electron chi connectivity index (χ3n) is 6.33. The molecule has 1 atom stereocenters. The van der Waals surface area contributed by atoms with Crippen LogP contribution in [0.4, 0.5) is 23.2 Å². The number of alkyl halides is 3. The molecule has 0 bridgehead atoms. The van der Waals surface area contributed by atoms with Gasteiger partial charge in [-0.15, -0.1) is 0 Å². The van der Waals surface area contributed by atoms with Crippen LogP contribution < -0.4 is 10.6 Å². The van der Waals surface area contributed by atoms with E-state index in [-0.39, 0.29) is 34.5 Å². The molecule has 1 aliphatic rings. The van der Waals surface area contributed by atoms with E-state index in [1.165, 1.54) is 35.0 Å². The molecule has 3 N–H and O–H groups in total. The topological polar surface area (TPSA) is 91.6 Å². The average Bonchev–Trinajstić information content (AvgIpc) is 3.57. The van der Waals surface area contributed by atoms with Crippen molar-refractivity contribution in [1.29, 1.82) is 0 Å². The summed E-state index contributed by atoms with van der Waals surface area (Å²) in [5, 5.41) is 21.2. The summed E-state index contributed by atoms with van der Waals surface area (Å²) in [6, 6.07) is 12.3. The Hall–Kier alpha value is -3.99. The number of hydrogen-bond acceptors (Lipinski definition) is 5. The number of imidazole rings is 1. The van der Waals surface area contributed by atoms with Gasteiger partial charge in [0.2, 0.25) is 0 Å². The van der Waals surface area contributed by atoms with Gasteiger partial charge in [-0.05, 0) is 61.2 Å². The Balaban J connectivity index is 1.54. The van der Waals surface area contributed by atoms with Crippen molar-refractivity contribution in [2.45, 2.75) is 44.5 Å². The number of amides is 1. The summed E-state index contributed by atoms with van der Waals surface area (Å²) in [5.74, 6) is -0.694. The molecular weight excluding hydrogens is 502 g/mol. The molecule has 0 spiro atoms. The summed E-state index contributed by atoms with van der Waals surface area (Å²) >= 11 is 0. The molecular formula is C27H25F4N5O2. The van der Waals surface area contributed by atoms with E-state index in [0.29, 0.717) is 16.8 Å². The molecule has 11 heteroatoms. The molecule has 1 fully saturated rings. The maximum absolute atomic E-state index is 13.8. The molecule has 2 aromatic heterocycles. The number of aliphatic hydroxyl groups excluding tert-OH is 1. The number of fused-ring (bicyclic) bond motifs is 1. The highest BCUT2D eigenvalue weighted by molar-refractivity contribution is 5.96. The van der Waals surface area contributed by atoms with Gasteiger partial charge in [0.25, 0.3) is 5.91 Å². The van der Waals surface area contributed by atoms with Crippen LogP contribution in [0.2, 0.25) is 0 Å². The monoisotopic (exact) mass is 527 g/mol. The van der Waals surface area contributed by atoms with Crippen LogP contribution in [0.3, 0.4) is 0 Å². The number of carbonyl (C=O) groups is 1. The van der Waals surface area contributed by atoms with Gasteiger partial charge < -0.3 is 15.7 Å². The van der Waals surface area contributed by atoms with E-state index >= 15 is 0 Å². The van der Waals surface area contributed by atoms with Gasteiger partial charge >= 0.3 is 6.18 Å². The quantitative estimate of drug-likeness (QED) is 0.275. The zero-order valence-corrected chi connectivity index (χ0v) is 20.4. The van der Waals surface area contributed by atoms with Crippen molar-refractivity contribution in [3.8, 4) is 11.3 Å². The first-order chi connectivity index (χ1) is 18.1. The van der Waals surface area contributed by atoms with E-state index in [2.05, 4.69) is 20.7 Å². The van der Waals surface area contributed by atoms with Gasteiger partial charge in [0.1, 0.15) is 11.9 Å². The van der Waals surface area contributed by atoms with Crippen LogP contribution in [0.15, 0.2) is 54.7 Å². The van der Waals surface area contributed by atoms with Gasteiger partial charge in [-0.3, -0.25) is 4.79 Å². The van der Waals surface area contributed by atoms with Gasteiger partial charge in [0.15, 0.2) is 5.65 Å². The number of aliphatic hydroxyl groups is 1. The number of hydrogen-bond donors (Lipinski definition) is 3. The second-order valence-electron chi connectivity index (χ2n) is 9.39. The van der Waals surface area contributed by atoms with E-state index in [4.69, 9.17) is 0 Å². The first kappa shape index (κ1) is 25.7. The Kier molecular flexibility index (Phi) is 6.78. The molecule has 5 rings (SSSR count). The predicted octanol–water partition coefficient (Wildman–Crippen LogP) is 5.18. The fraction of sp³-hybridized carbons (Fsp3) is 0.296. The van der Waals surface area contributed by atoms with Crippen LogP contribution in [-0.4, -0.2) is 44.4 Å². The number of nitrogens with zero attached hydrogens (tertiary/aromatic N) is 3. The minimum Gasteiger partial charge on any atom is -0.382 e. The summed E-state index contributed by atoms with van der Waals surface area (Å²) in [4.78, 5) is 16.9. The maximum Gasteiger partial charge on any atom is 0.390 e. The van der Waals surface area contributed by atoms with Gasteiger partial charge in [-0.25, -0.2) is 13.9 Å². The molecule has 198 valence electrons. The third kappa shape index (κ3) is 5.62. The first-order valence-corrected chi connectivity index (χ1v) is 12.1. The molecule has 4 aromatic rings. The Labute approximate surface area is 215 Å². The molecule has 0 saturated heterocycles. The largest absolute Gasteiger partial charge is 0.390 e. The number of anilines is 1. The fourth-order valence-electron chi connectivity index (χ4n) is 4.20. The van der Waals surface area contributed by atoms with E-state index < -0.39 is 31.1 Å². The molecule has 2 aromatic carbocycles. The van der Waals surface area contributed by atoms with Crippen molar-refractivity contribution >= 4 is 17.2 Å². The van der Waals surface area contributed by atoms with Crippen molar-refractivity contribution in [2.75, 3.05) is 11.9 Å². The summed E-state index contributed by atoms with van der Waals surface area (Å²) in [6.45, 7) is 1.40. The Morgan fingerprint density at radius 3 is 2.66 bits per heavy atom. The van der Waals surface area contributed by atoms with E-state index in [1.807, 2.05) is 6.92 Å². The molecule has 7 nitrogen and oxygen atoms in total. The number of carbonyl (C=O) groups excluding carboxylic acids is 1. The number of aromatic nitrogens is 3.